The van der Waals surface area contributed by atoms with Crippen LogP contribution in [0.2, 0.25) is 0 Å². The first-order chi connectivity index (χ1) is 13.5. The highest BCUT2D eigenvalue weighted by Crippen LogP contribution is 2.22. The minimum atomic E-state index is -0.519. The Hall–Kier alpha value is -3.37. The Morgan fingerprint density at radius 2 is 1.89 bits per heavy atom. The number of thioether (sulfide) groups is 1. The molecule has 1 heterocycles. The number of hydrogen-bond donors (Lipinski definition) is 2. The number of carbonyl (C=O) groups excluding carboxylic acids is 1. The minimum absolute atomic E-state index is 0.0439. The first-order valence-electron chi connectivity index (χ1n) is 8.57. The van der Waals surface area contributed by atoms with Gasteiger partial charge in [0, 0.05) is 11.3 Å². The molecule has 0 aliphatic carbocycles. The molecule has 3 rings (SSSR count). The molecule has 28 heavy (non-hydrogen) atoms. The second-order valence-corrected chi connectivity index (χ2v) is 7.19. The standard InChI is InChI=1S/C21H18N4O2S/c1-13-7-9-15(10-8-13)19-16(11-22)20(27)25-21(24-19)28-12-18(26)23-17-6-4-3-5-14(17)2/h3-10H,12H2,1-2H3,(H,23,26)(H,24,25,27). The quantitative estimate of drug-likeness (QED) is 0.512. The predicted octanol–water partition coefficient (Wildman–Crippen LogP) is 3.66. The SMILES string of the molecule is Cc1ccc(-c2nc(SCC(=O)Nc3ccccc3C)[nH]c(=O)c2C#N)cc1. The zero-order chi connectivity index (χ0) is 20.1. The second kappa shape index (κ2) is 8.55. The Kier molecular flexibility index (Phi) is 5.92. The van der Waals surface area contributed by atoms with Crippen molar-refractivity contribution in [3.05, 3.63) is 75.6 Å². The lowest BCUT2D eigenvalue weighted by molar-refractivity contribution is -0.113. The highest BCUT2D eigenvalue weighted by molar-refractivity contribution is 7.99. The van der Waals surface area contributed by atoms with Gasteiger partial charge in [-0.1, -0.05) is 59.8 Å². The molecule has 0 atom stereocenters. The lowest BCUT2D eigenvalue weighted by Gasteiger charge is -2.09. The van der Waals surface area contributed by atoms with Crippen molar-refractivity contribution in [1.29, 1.82) is 5.26 Å². The maximum Gasteiger partial charge on any atom is 0.270 e. The van der Waals surface area contributed by atoms with Crippen LogP contribution in [0.3, 0.4) is 0 Å². The predicted molar refractivity (Wildman–Crippen MR) is 110 cm³/mol. The molecule has 0 radical (unpaired) electrons. The van der Waals surface area contributed by atoms with E-state index >= 15 is 0 Å². The number of aromatic amines is 1. The number of amides is 1. The van der Waals surface area contributed by atoms with E-state index in [0.717, 1.165) is 28.6 Å². The first-order valence-corrected chi connectivity index (χ1v) is 9.56. The van der Waals surface area contributed by atoms with Crippen molar-refractivity contribution in [2.24, 2.45) is 0 Å². The van der Waals surface area contributed by atoms with E-state index in [-0.39, 0.29) is 17.2 Å². The summed E-state index contributed by atoms with van der Waals surface area (Å²) in [6.07, 6.45) is 0. The van der Waals surface area contributed by atoms with Crippen LogP contribution in [0.5, 0.6) is 0 Å². The fraction of sp³-hybridized carbons (Fsp3) is 0.143. The van der Waals surface area contributed by atoms with Crippen LogP contribution in [0.4, 0.5) is 5.69 Å². The summed E-state index contributed by atoms with van der Waals surface area (Å²) in [5, 5.41) is 12.5. The third-order valence-electron chi connectivity index (χ3n) is 4.09. The summed E-state index contributed by atoms with van der Waals surface area (Å²) in [5.74, 6) is -0.126. The van der Waals surface area contributed by atoms with Gasteiger partial charge in [-0.3, -0.25) is 9.59 Å². The zero-order valence-electron chi connectivity index (χ0n) is 15.4. The van der Waals surface area contributed by atoms with E-state index in [9.17, 15) is 14.9 Å². The normalized spacial score (nSPS) is 10.3. The second-order valence-electron chi connectivity index (χ2n) is 6.22. The van der Waals surface area contributed by atoms with Gasteiger partial charge in [0.25, 0.3) is 5.56 Å². The number of nitrogens with zero attached hydrogens (tertiary/aromatic N) is 2. The molecule has 6 nitrogen and oxygen atoms in total. The summed E-state index contributed by atoms with van der Waals surface area (Å²) < 4.78 is 0. The number of aromatic nitrogens is 2. The third-order valence-corrected chi connectivity index (χ3v) is 4.97. The molecule has 2 aromatic carbocycles. The van der Waals surface area contributed by atoms with Crippen LogP contribution in [0.1, 0.15) is 16.7 Å². The number of nitrogens with one attached hydrogen (secondary N) is 2. The van der Waals surface area contributed by atoms with E-state index in [2.05, 4.69) is 15.3 Å². The molecule has 0 saturated carbocycles. The van der Waals surface area contributed by atoms with Gasteiger partial charge in [-0.2, -0.15) is 5.26 Å². The topological polar surface area (TPSA) is 98.6 Å². The summed E-state index contributed by atoms with van der Waals surface area (Å²) in [4.78, 5) is 31.5. The highest BCUT2D eigenvalue weighted by atomic mass is 32.2. The number of carbonyl (C=O) groups is 1. The van der Waals surface area contributed by atoms with Gasteiger partial charge in [0.15, 0.2) is 5.16 Å². The number of aryl methyl sites for hydroxylation is 2. The molecule has 0 unspecified atom stereocenters. The molecule has 3 aromatic rings. The van der Waals surface area contributed by atoms with Crippen LogP contribution in [0, 0.1) is 25.2 Å². The van der Waals surface area contributed by atoms with Gasteiger partial charge in [0.05, 0.1) is 11.4 Å². The number of benzene rings is 2. The monoisotopic (exact) mass is 390 g/mol. The largest absolute Gasteiger partial charge is 0.325 e. The molecule has 0 aliphatic rings. The lowest BCUT2D eigenvalue weighted by atomic mass is 10.1. The fourth-order valence-corrected chi connectivity index (χ4v) is 3.24. The summed E-state index contributed by atoms with van der Waals surface area (Å²) in [6.45, 7) is 3.87. The average Bonchev–Trinajstić information content (AvgIpc) is 2.68. The molecule has 0 saturated heterocycles. The van der Waals surface area contributed by atoms with Crippen molar-refractivity contribution in [2.75, 3.05) is 11.1 Å². The van der Waals surface area contributed by atoms with Gasteiger partial charge in [-0.25, -0.2) is 4.98 Å². The van der Waals surface area contributed by atoms with E-state index in [1.54, 1.807) is 0 Å². The Bertz CT molecular complexity index is 1110. The summed E-state index contributed by atoms with van der Waals surface area (Å²) in [6, 6.07) is 16.8. The third kappa shape index (κ3) is 4.48. The maximum absolute atomic E-state index is 12.3. The van der Waals surface area contributed by atoms with Crippen molar-refractivity contribution >= 4 is 23.4 Å². The zero-order valence-corrected chi connectivity index (χ0v) is 16.3. The number of anilines is 1. The number of hydrogen-bond acceptors (Lipinski definition) is 5. The lowest BCUT2D eigenvalue weighted by Crippen LogP contribution is -2.17. The minimum Gasteiger partial charge on any atom is -0.325 e. The molecule has 2 N–H and O–H groups in total. The fourth-order valence-electron chi connectivity index (χ4n) is 2.58. The van der Waals surface area contributed by atoms with Crippen LogP contribution in [0.25, 0.3) is 11.3 Å². The Balaban J connectivity index is 1.80. The van der Waals surface area contributed by atoms with Crippen LogP contribution in [-0.4, -0.2) is 21.6 Å². The Morgan fingerprint density at radius 1 is 1.18 bits per heavy atom. The van der Waals surface area contributed by atoms with Gasteiger partial charge in [0.2, 0.25) is 5.91 Å². The first kappa shape index (κ1) is 19.4. The van der Waals surface area contributed by atoms with E-state index < -0.39 is 5.56 Å². The van der Waals surface area contributed by atoms with E-state index in [1.165, 1.54) is 0 Å². The van der Waals surface area contributed by atoms with Gasteiger partial charge in [0.1, 0.15) is 11.6 Å². The van der Waals surface area contributed by atoms with Crippen molar-refractivity contribution in [3.63, 3.8) is 0 Å². The molecule has 0 bridgehead atoms. The van der Waals surface area contributed by atoms with Crippen molar-refractivity contribution in [3.8, 4) is 17.3 Å². The Morgan fingerprint density at radius 3 is 2.57 bits per heavy atom. The van der Waals surface area contributed by atoms with Crippen LogP contribution in [0.15, 0.2) is 58.5 Å². The molecule has 0 fully saturated rings. The van der Waals surface area contributed by atoms with E-state index in [1.807, 2.05) is 68.4 Å². The number of nitriles is 1. The highest BCUT2D eigenvalue weighted by Gasteiger charge is 2.14. The molecule has 140 valence electrons. The smallest absolute Gasteiger partial charge is 0.270 e. The van der Waals surface area contributed by atoms with E-state index in [0.29, 0.717) is 16.4 Å². The number of para-hydroxylation sites is 1. The number of H-pyrrole nitrogens is 1. The van der Waals surface area contributed by atoms with Crippen molar-refractivity contribution < 1.29 is 4.79 Å². The molecule has 0 spiro atoms. The molecule has 1 aromatic heterocycles. The Labute approximate surface area is 166 Å². The summed E-state index contributed by atoms with van der Waals surface area (Å²) in [5.41, 5.74) is 3.21. The van der Waals surface area contributed by atoms with Crippen LogP contribution in [-0.2, 0) is 4.79 Å². The van der Waals surface area contributed by atoms with Gasteiger partial charge >= 0.3 is 0 Å². The molecule has 0 aliphatic heterocycles. The molecule has 1 amide bonds. The molecular formula is C21H18N4O2S. The van der Waals surface area contributed by atoms with Crippen molar-refractivity contribution in [2.45, 2.75) is 19.0 Å². The van der Waals surface area contributed by atoms with Crippen LogP contribution < -0.4 is 10.9 Å². The summed E-state index contributed by atoms with van der Waals surface area (Å²) in [7, 11) is 0. The average molecular weight is 390 g/mol. The van der Waals surface area contributed by atoms with Gasteiger partial charge in [-0.05, 0) is 25.5 Å². The van der Waals surface area contributed by atoms with Crippen LogP contribution >= 0.6 is 11.8 Å². The van der Waals surface area contributed by atoms with Crippen molar-refractivity contribution in [1.82, 2.24) is 9.97 Å². The summed E-state index contributed by atoms with van der Waals surface area (Å²) >= 11 is 1.11. The molecular weight excluding hydrogens is 372 g/mol. The van der Waals surface area contributed by atoms with E-state index in [4.69, 9.17) is 0 Å². The van der Waals surface area contributed by atoms with Gasteiger partial charge in [-0.15, -0.1) is 0 Å². The number of rotatable bonds is 5. The maximum atomic E-state index is 12.3. The van der Waals surface area contributed by atoms with Gasteiger partial charge < -0.3 is 10.3 Å². The molecule has 7 heteroatoms.